The third kappa shape index (κ3) is 3.41. The van der Waals surface area contributed by atoms with E-state index in [9.17, 15) is 4.79 Å². The van der Waals surface area contributed by atoms with Gasteiger partial charge in [0.15, 0.2) is 0 Å². The first-order valence-electron chi connectivity index (χ1n) is 7.57. The van der Waals surface area contributed by atoms with E-state index >= 15 is 0 Å². The van der Waals surface area contributed by atoms with E-state index < -0.39 is 0 Å². The number of aromatic nitrogens is 4. The number of hydrogen-bond acceptors (Lipinski definition) is 5. The van der Waals surface area contributed by atoms with E-state index in [4.69, 9.17) is 0 Å². The molecule has 0 bridgehead atoms. The van der Waals surface area contributed by atoms with Gasteiger partial charge in [-0.2, -0.15) is 0 Å². The molecule has 22 heavy (non-hydrogen) atoms. The maximum absolute atomic E-state index is 12.2. The van der Waals surface area contributed by atoms with Crippen molar-refractivity contribution in [3.63, 3.8) is 0 Å². The minimum absolute atomic E-state index is 0.163. The summed E-state index contributed by atoms with van der Waals surface area (Å²) in [6, 6.07) is 7.66. The second-order valence-corrected chi connectivity index (χ2v) is 5.74. The van der Waals surface area contributed by atoms with Crippen LogP contribution in [0.4, 0.5) is 5.69 Å². The van der Waals surface area contributed by atoms with Gasteiger partial charge in [-0.3, -0.25) is 4.79 Å². The average molecular weight is 300 g/mol. The Morgan fingerprint density at radius 3 is 2.86 bits per heavy atom. The zero-order valence-electron chi connectivity index (χ0n) is 12.6. The quantitative estimate of drug-likeness (QED) is 0.922. The number of piperidine rings is 1. The summed E-state index contributed by atoms with van der Waals surface area (Å²) in [5.41, 5.74) is 1.79. The number of tetrazole rings is 1. The van der Waals surface area contributed by atoms with E-state index in [1.807, 2.05) is 29.2 Å². The molecule has 1 amide bonds. The van der Waals surface area contributed by atoms with E-state index in [1.54, 1.807) is 11.0 Å². The smallest absolute Gasteiger partial charge is 0.241 e. The molecule has 7 nitrogen and oxygen atoms in total. The van der Waals surface area contributed by atoms with Crippen LogP contribution in [0.1, 0.15) is 19.8 Å². The summed E-state index contributed by atoms with van der Waals surface area (Å²) in [6.07, 6.45) is 3.87. The Morgan fingerprint density at radius 1 is 1.36 bits per heavy atom. The molecule has 1 aromatic heterocycles. The number of anilines is 1. The molecule has 1 aliphatic heterocycles. The first kappa shape index (κ1) is 14.5. The number of benzene rings is 1. The summed E-state index contributed by atoms with van der Waals surface area (Å²) >= 11 is 0. The van der Waals surface area contributed by atoms with Crippen LogP contribution in [0.15, 0.2) is 30.6 Å². The summed E-state index contributed by atoms with van der Waals surface area (Å²) in [6.45, 7) is 4.28. The predicted octanol–water partition coefficient (Wildman–Crippen LogP) is 1.33. The van der Waals surface area contributed by atoms with Gasteiger partial charge in [-0.25, -0.2) is 4.68 Å². The van der Waals surface area contributed by atoms with E-state index in [2.05, 4.69) is 27.8 Å². The summed E-state index contributed by atoms with van der Waals surface area (Å²) in [5.74, 6) is 0.768. The van der Waals surface area contributed by atoms with Crippen molar-refractivity contribution in [1.82, 2.24) is 25.1 Å². The monoisotopic (exact) mass is 300 g/mol. The Kier molecular flexibility index (Phi) is 4.32. The van der Waals surface area contributed by atoms with Gasteiger partial charge < -0.3 is 10.2 Å². The van der Waals surface area contributed by atoms with Gasteiger partial charge in [-0.1, -0.05) is 6.92 Å². The van der Waals surface area contributed by atoms with Crippen LogP contribution in [0.25, 0.3) is 5.69 Å². The van der Waals surface area contributed by atoms with Crippen LogP contribution < -0.4 is 5.32 Å². The third-order valence-electron chi connectivity index (χ3n) is 3.93. The predicted molar refractivity (Wildman–Crippen MR) is 82.6 cm³/mol. The Labute approximate surface area is 129 Å². The fourth-order valence-corrected chi connectivity index (χ4v) is 2.72. The van der Waals surface area contributed by atoms with E-state index in [-0.39, 0.29) is 5.91 Å². The van der Waals surface area contributed by atoms with Gasteiger partial charge in [0.2, 0.25) is 5.91 Å². The van der Waals surface area contributed by atoms with Crippen molar-refractivity contribution >= 4 is 11.6 Å². The minimum Gasteiger partial charge on any atom is -0.376 e. The number of carbonyl (C=O) groups is 1. The molecule has 0 unspecified atom stereocenters. The van der Waals surface area contributed by atoms with E-state index in [0.29, 0.717) is 12.5 Å². The lowest BCUT2D eigenvalue weighted by molar-refractivity contribution is -0.130. The number of nitrogens with zero attached hydrogens (tertiary/aromatic N) is 5. The number of amides is 1. The van der Waals surface area contributed by atoms with Gasteiger partial charge in [0.05, 0.1) is 12.2 Å². The van der Waals surface area contributed by atoms with E-state index in [0.717, 1.165) is 30.9 Å². The summed E-state index contributed by atoms with van der Waals surface area (Å²) in [4.78, 5) is 14.2. The lowest BCUT2D eigenvalue weighted by Crippen LogP contribution is -2.41. The fraction of sp³-hybridized carbons (Fsp3) is 0.467. The summed E-state index contributed by atoms with van der Waals surface area (Å²) in [5, 5.41) is 14.2. The largest absolute Gasteiger partial charge is 0.376 e. The number of rotatable bonds is 4. The maximum Gasteiger partial charge on any atom is 0.241 e. The topological polar surface area (TPSA) is 75.9 Å². The highest BCUT2D eigenvalue weighted by atomic mass is 16.2. The van der Waals surface area contributed by atoms with Gasteiger partial charge in [-0.05, 0) is 53.5 Å². The molecule has 1 saturated heterocycles. The van der Waals surface area contributed by atoms with Crippen LogP contribution >= 0.6 is 0 Å². The lowest BCUT2D eigenvalue weighted by atomic mass is 10.0. The standard InChI is InChI=1S/C15H20N6O/c1-12-3-2-8-20(10-12)15(22)9-16-13-4-6-14(7-5-13)21-11-17-18-19-21/h4-7,11-12,16H,2-3,8-10H2,1H3/t12-/m0/s1. The molecule has 2 aromatic rings. The minimum atomic E-state index is 0.163. The Hall–Kier alpha value is -2.44. The molecule has 1 N–H and O–H groups in total. The molecule has 7 heteroatoms. The summed E-state index contributed by atoms with van der Waals surface area (Å²) < 4.78 is 1.59. The van der Waals surface area contributed by atoms with Crippen LogP contribution in [0.3, 0.4) is 0 Å². The van der Waals surface area contributed by atoms with Gasteiger partial charge >= 0.3 is 0 Å². The van der Waals surface area contributed by atoms with Crippen molar-refractivity contribution < 1.29 is 4.79 Å². The van der Waals surface area contributed by atoms with Crippen LogP contribution in [-0.2, 0) is 4.79 Å². The van der Waals surface area contributed by atoms with Crippen molar-refractivity contribution in [3.05, 3.63) is 30.6 Å². The van der Waals surface area contributed by atoms with Crippen LogP contribution in [0.2, 0.25) is 0 Å². The molecular formula is C15H20N6O. The van der Waals surface area contributed by atoms with Crippen molar-refractivity contribution in [1.29, 1.82) is 0 Å². The highest BCUT2D eigenvalue weighted by Gasteiger charge is 2.20. The van der Waals surface area contributed by atoms with Crippen LogP contribution in [0.5, 0.6) is 0 Å². The molecular weight excluding hydrogens is 280 g/mol. The fourth-order valence-electron chi connectivity index (χ4n) is 2.72. The molecule has 2 heterocycles. The first-order valence-corrected chi connectivity index (χ1v) is 7.57. The molecule has 116 valence electrons. The second-order valence-electron chi connectivity index (χ2n) is 5.74. The molecule has 0 aliphatic carbocycles. The Balaban J connectivity index is 1.54. The molecule has 0 radical (unpaired) electrons. The Bertz CT molecular complexity index is 609. The molecule has 3 rings (SSSR count). The lowest BCUT2D eigenvalue weighted by Gasteiger charge is -2.31. The molecule has 1 fully saturated rings. The molecule has 0 spiro atoms. The molecule has 1 atom stereocenters. The van der Waals surface area contributed by atoms with Crippen molar-refractivity contribution in [2.75, 3.05) is 25.0 Å². The van der Waals surface area contributed by atoms with Crippen molar-refractivity contribution in [3.8, 4) is 5.69 Å². The highest BCUT2D eigenvalue weighted by molar-refractivity contribution is 5.81. The van der Waals surface area contributed by atoms with Gasteiger partial charge in [0.1, 0.15) is 6.33 Å². The molecule has 0 saturated carbocycles. The van der Waals surface area contributed by atoms with Crippen molar-refractivity contribution in [2.45, 2.75) is 19.8 Å². The van der Waals surface area contributed by atoms with Crippen LogP contribution in [-0.4, -0.2) is 50.6 Å². The first-order chi connectivity index (χ1) is 10.7. The number of nitrogens with one attached hydrogen (secondary N) is 1. The second kappa shape index (κ2) is 6.55. The normalized spacial score (nSPS) is 18.2. The van der Waals surface area contributed by atoms with Gasteiger partial charge in [0.25, 0.3) is 0 Å². The number of likely N-dealkylation sites (tertiary alicyclic amines) is 1. The average Bonchev–Trinajstić information content (AvgIpc) is 3.07. The van der Waals surface area contributed by atoms with Crippen molar-refractivity contribution in [2.24, 2.45) is 5.92 Å². The highest BCUT2D eigenvalue weighted by Crippen LogP contribution is 2.16. The Morgan fingerprint density at radius 2 is 2.18 bits per heavy atom. The molecule has 1 aliphatic rings. The van der Waals surface area contributed by atoms with Crippen LogP contribution in [0, 0.1) is 5.92 Å². The van der Waals surface area contributed by atoms with Gasteiger partial charge in [0, 0.05) is 18.8 Å². The number of carbonyl (C=O) groups excluding carboxylic acids is 1. The zero-order valence-corrected chi connectivity index (χ0v) is 12.6. The van der Waals surface area contributed by atoms with Gasteiger partial charge in [-0.15, -0.1) is 5.10 Å². The zero-order chi connectivity index (χ0) is 15.4. The third-order valence-corrected chi connectivity index (χ3v) is 3.93. The molecule has 1 aromatic carbocycles. The SMILES string of the molecule is C[C@H]1CCCN(C(=O)CNc2ccc(-n3cnnn3)cc2)C1. The maximum atomic E-state index is 12.2. The van der Waals surface area contributed by atoms with E-state index in [1.165, 1.54) is 6.42 Å². The summed E-state index contributed by atoms with van der Waals surface area (Å²) in [7, 11) is 0. The number of hydrogen-bond donors (Lipinski definition) is 1.